The van der Waals surface area contributed by atoms with Crippen LogP contribution in [0.25, 0.3) is 0 Å². The zero-order chi connectivity index (χ0) is 14.1. The highest BCUT2D eigenvalue weighted by atomic mass is 15.1. The molecule has 0 aromatic heterocycles. The summed E-state index contributed by atoms with van der Waals surface area (Å²) in [6.07, 6.45) is 4.77. The summed E-state index contributed by atoms with van der Waals surface area (Å²) in [6, 6.07) is 10.7. The van der Waals surface area contributed by atoms with Gasteiger partial charge in [-0.05, 0) is 43.4 Å². The molecule has 2 N–H and O–H groups in total. The lowest BCUT2D eigenvalue weighted by Gasteiger charge is -2.37. The van der Waals surface area contributed by atoms with Crippen molar-refractivity contribution in [1.29, 1.82) is 0 Å². The summed E-state index contributed by atoms with van der Waals surface area (Å²) < 4.78 is 0. The maximum Gasteiger partial charge on any atom is 0.0366 e. The first kappa shape index (κ1) is 16.0. The molecule has 19 heavy (non-hydrogen) atoms. The normalized spacial score (nSPS) is 11.6. The average molecular weight is 262 g/mol. The molecular formula is C17H30N2. The summed E-state index contributed by atoms with van der Waals surface area (Å²) in [7, 11) is 0. The van der Waals surface area contributed by atoms with Crippen molar-refractivity contribution in [3.8, 4) is 0 Å². The number of rotatable bonds is 9. The quantitative estimate of drug-likeness (QED) is 0.727. The molecule has 1 rings (SSSR count). The van der Waals surface area contributed by atoms with Crippen molar-refractivity contribution < 1.29 is 0 Å². The molecule has 0 atom stereocenters. The minimum atomic E-state index is 0.254. The van der Waals surface area contributed by atoms with Crippen LogP contribution >= 0.6 is 0 Å². The number of benzene rings is 1. The Labute approximate surface area is 119 Å². The lowest BCUT2D eigenvalue weighted by molar-refractivity contribution is 0.276. The van der Waals surface area contributed by atoms with E-state index < -0.39 is 0 Å². The fraction of sp³-hybridized carbons (Fsp3) is 0.647. The van der Waals surface area contributed by atoms with Gasteiger partial charge in [0.2, 0.25) is 0 Å². The second kappa shape index (κ2) is 8.21. The maximum absolute atomic E-state index is 6.06. The molecular weight excluding hydrogens is 232 g/mol. The van der Waals surface area contributed by atoms with E-state index >= 15 is 0 Å². The molecule has 0 spiro atoms. The number of hydrogen-bond acceptors (Lipinski definition) is 2. The van der Waals surface area contributed by atoms with Crippen molar-refractivity contribution >= 4 is 5.69 Å². The Kier molecular flexibility index (Phi) is 6.93. The van der Waals surface area contributed by atoms with Gasteiger partial charge in [0.25, 0.3) is 0 Å². The molecule has 0 saturated heterocycles. The Bertz CT molecular complexity index is 322. The van der Waals surface area contributed by atoms with Crippen molar-refractivity contribution in [1.82, 2.24) is 0 Å². The van der Waals surface area contributed by atoms with Gasteiger partial charge in [-0.1, -0.05) is 45.4 Å². The Morgan fingerprint density at radius 1 is 1.05 bits per heavy atom. The fourth-order valence-electron chi connectivity index (χ4n) is 2.52. The molecule has 2 nitrogen and oxygen atoms in total. The monoisotopic (exact) mass is 262 g/mol. The molecule has 0 amide bonds. The summed E-state index contributed by atoms with van der Waals surface area (Å²) in [6.45, 7) is 9.75. The van der Waals surface area contributed by atoms with Crippen molar-refractivity contribution in [2.45, 2.75) is 46.5 Å². The van der Waals surface area contributed by atoms with Crippen LogP contribution in [0, 0.1) is 5.41 Å². The van der Waals surface area contributed by atoms with Gasteiger partial charge in [0.05, 0.1) is 0 Å². The summed E-state index contributed by atoms with van der Waals surface area (Å²) in [5.41, 5.74) is 7.64. The van der Waals surface area contributed by atoms with E-state index in [9.17, 15) is 0 Å². The van der Waals surface area contributed by atoms with E-state index in [1.165, 1.54) is 18.5 Å². The summed E-state index contributed by atoms with van der Waals surface area (Å²) in [5.74, 6) is 0. The Hall–Kier alpha value is -1.02. The van der Waals surface area contributed by atoms with E-state index in [2.05, 4.69) is 56.0 Å². The molecule has 0 fully saturated rings. The lowest BCUT2D eigenvalue weighted by atomic mass is 9.81. The molecule has 0 heterocycles. The maximum atomic E-state index is 6.06. The van der Waals surface area contributed by atoms with Crippen LogP contribution < -0.4 is 10.6 Å². The fourth-order valence-corrected chi connectivity index (χ4v) is 2.52. The molecule has 1 aromatic rings. The van der Waals surface area contributed by atoms with Gasteiger partial charge in [0, 0.05) is 18.8 Å². The van der Waals surface area contributed by atoms with Gasteiger partial charge >= 0.3 is 0 Å². The smallest absolute Gasteiger partial charge is 0.0366 e. The van der Waals surface area contributed by atoms with Crippen LogP contribution in [0.2, 0.25) is 0 Å². The van der Waals surface area contributed by atoms with Crippen LogP contribution in [0.3, 0.4) is 0 Å². The Balaban J connectivity index is 2.85. The highest BCUT2D eigenvalue weighted by molar-refractivity contribution is 5.46. The minimum Gasteiger partial charge on any atom is -0.371 e. The average Bonchev–Trinajstić information content (AvgIpc) is 2.49. The second-order valence-electron chi connectivity index (χ2n) is 5.52. The van der Waals surface area contributed by atoms with Crippen molar-refractivity contribution in [2.75, 3.05) is 24.5 Å². The first-order valence-electron chi connectivity index (χ1n) is 7.71. The molecule has 108 valence electrons. The minimum absolute atomic E-state index is 0.254. The molecule has 0 aliphatic carbocycles. The van der Waals surface area contributed by atoms with E-state index in [1.807, 2.05) is 0 Å². The lowest BCUT2D eigenvalue weighted by Crippen LogP contribution is -2.42. The largest absolute Gasteiger partial charge is 0.371 e. The topological polar surface area (TPSA) is 29.3 Å². The summed E-state index contributed by atoms with van der Waals surface area (Å²) >= 11 is 0. The highest BCUT2D eigenvalue weighted by Crippen LogP contribution is 2.28. The summed E-state index contributed by atoms with van der Waals surface area (Å²) in [4.78, 5) is 2.52. The van der Waals surface area contributed by atoms with Crippen LogP contribution in [-0.2, 0) is 0 Å². The molecule has 0 saturated carbocycles. The highest BCUT2D eigenvalue weighted by Gasteiger charge is 2.27. The van der Waals surface area contributed by atoms with Gasteiger partial charge in [-0.25, -0.2) is 0 Å². The van der Waals surface area contributed by atoms with E-state index in [0.29, 0.717) is 0 Å². The van der Waals surface area contributed by atoms with E-state index in [1.54, 1.807) is 0 Å². The van der Waals surface area contributed by atoms with Crippen LogP contribution in [0.5, 0.6) is 0 Å². The molecule has 0 aliphatic heterocycles. The van der Waals surface area contributed by atoms with Crippen LogP contribution in [0.1, 0.15) is 46.5 Å². The Morgan fingerprint density at radius 2 is 1.68 bits per heavy atom. The SMILES string of the molecule is CCCCN(CC(CC)(CC)CN)c1ccccc1. The molecule has 2 heteroatoms. The second-order valence-corrected chi connectivity index (χ2v) is 5.52. The zero-order valence-corrected chi connectivity index (χ0v) is 12.9. The van der Waals surface area contributed by atoms with Gasteiger partial charge in [-0.3, -0.25) is 0 Å². The van der Waals surface area contributed by atoms with E-state index in [0.717, 1.165) is 32.5 Å². The van der Waals surface area contributed by atoms with Crippen molar-refractivity contribution in [3.63, 3.8) is 0 Å². The number of nitrogens with two attached hydrogens (primary N) is 1. The standard InChI is InChI=1S/C17H30N2/c1-4-7-13-19(16-11-9-8-10-12-16)15-17(5-2,6-3)14-18/h8-12H,4-7,13-15,18H2,1-3H3. The predicted molar refractivity (Wildman–Crippen MR) is 85.6 cm³/mol. The third-order valence-electron chi connectivity index (χ3n) is 4.36. The first-order valence-corrected chi connectivity index (χ1v) is 7.71. The van der Waals surface area contributed by atoms with E-state index in [4.69, 9.17) is 5.73 Å². The first-order chi connectivity index (χ1) is 9.21. The van der Waals surface area contributed by atoms with Gasteiger partial charge < -0.3 is 10.6 Å². The van der Waals surface area contributed by atoms with Gasteiger partial charge in [0.1, 0.15) is 0 Å². The number of para-hydroxylation sites is 1. The number of hydrogen-bond donors (Lipinski definition) is 1. The van der Waals surface area contributed by atoms with Crippen LogP contribution in [0.15, 0.2) is 30.3 Å². The van der Waals surface area contributed by atoms with Gasteiger partial charge in [-0.2, -0.15) is 0 Å². The van der Waals surface area contributed by atoms with Crippen molar-refractivity contribution in [3.05, 3.63) is 30.3 Å². The molecule has 0 bridgehead atoms. The van der Waals surface area contributed by atoms with Gasteiger partial charge in [0.15, 0.2) is 0 Å². The predicted octanol–water partition coefficient (Wildman–Crippen LogP) is 4.06. The number of nitrogens with zero attached hydrogens (tertiary/aromatic N) is 1. The van der Waals surface area contributed by atoms with Gasteiger partial charge in [-0.15, -0.1) is 0 Å². The number of unbranched alkanes of at least 4 members (excludes halogenated alkanes) is 1. The Morgan fingerprint density at radius 3 is 2.16 bits per heavy atom. The zero-order valence-electron chi connectivity index (χ0n) is 12.9. The van der Waals surface area contributed by atoms with Crippen LogP contribution in [0.4, 0.5) is 5.69 Å². The molecule has 0 unspecified atom stereocenters. The summed E-state index contributed by atoms with van der Waals surface area (Å²) in [5, 5.41) is 0. The molecule has 0 aliphatic rings. The third kappa shape index (κ3) is 4.54. The van der Waals surface area contributed by atoms with Crippen molar-refractivity contribution in [2.24, 2.45) is 11.1 Å². The third-order valence-corrected chi connectivity index (χ3v) is 4.36. The van der Waals surface area contributed by atoms with Crippen LogP contribution in [-0.4, -0.2) is 19.6 Å². The van der Waals surface area contributed by atoms with E-state index in [-0.39, 0.29) is 5.41 Å². The molecule has 1 aromatic carbocycles. The molecule has 0 radical (unpaired) electrons. The number of anilines is 1.